The highest BCUT2D eigenvalue weighted by atomic mass is 16.5. The highest BCUT2D eigenvalue weighted by molar-refractivity contribution is 5.78. The van der Waals surface area contributed by atoms with Gasteiger partial charge in [-0.25, -0.2) is 4.74 Å². The lowest BCUT2D eigenvalue weighted by molar-refractivity contribution is -0.531. The molecule has 3 rings (SSSR count). The van der Waals surface area contributed by atoms with Crippen molar-refractivity contribution < 1.29 is 9.48 Å². The molecule has 0 radical (unpaired) electrons. The van der Waals surface area contributed by atoms with Gasteiger partial charge in [0.1, 0.15) is 12.7 Å². The largest absolute Gasteiger partial charge is 0.623 e. The van der Waals surface area contributed by atoms with Crippen LogP contribution in [-0.2, 0) is 11.2 Å². The third kappa shape index (κ3) is 1.20. The molecule has 0 fully saturated rings. The summed E-state index contributed by atoms with van der Waals surface area (Å²) in [5.74, 6) is 0. The van der Waals surface area contributed by atoms with Crippen LogP contribution in [0.1, 0.15) is 24.1 Å². The Hall–Kier alpha value is -1.35. The summed E-state index contributed by atoms with van der Waals surface area (Å²) in [5, 5.41) is 12.0. The molecule has 1 aromatic rings. The molecule has 15 heavy (non-hydrogen) atoms. The number of hydrogen-bond donors (Lipinski definition) is 0. The topological polar surface area (TPSA) is 35.3 Å². The summed E-state index contributed by atoms with van der Waals surface area (Å²) in [7, 11) is 0. The molecule has 1 aliphatic heterocycles. The van der Waals surface area contributed by atoms with Crippen LogP contribution < -0.4 is 0 Å². The highest BCUT2D eigenvalue weighted by Crippen LogP contribution is 2.37. The Kier molecular flexibility index (Phi) is 1.83. The van der Waals surface area contributed by atoms with Gasteiger partial charge in [-0.05, 0) is 5.56 Å². The van der Waals surface area contributed by atoms with E-state index in [1.807, 2.05) is 25.1 Å². The van der Waals surface area contributed by atoms with Crippen LogP contribution in [0.25, 0.3) is 0 Å². The van der Waals surface area contributed by atoms with Gasteiger partial charge in [0.05, 0.1) is 0 Å². The maximum absolute atomic E-state index is 12.0. The molecule has 0 amide bonds. The summed E-state index contributed by atoms with van der Waals surface area (Å²) in [6, 6.07) is 8.00. The van der Waals surface area contributed by atoms with Crippen LogP contribution >= 0.6 is 0 Å². The second kappa shape index (κ2) is 3.07. The van der Waals surface area contributed by atoms with E-state index in [0.717, 1.165) is 22.4 Å². The first-order valence-electron chi connectivity index (χ1n) is 5.25. The molecule has 0 aromatic heterocycles. The van der Waals surface area contributed by atoms with E-state index in [-0.39, 0.29) is 12.1 Å². The molecule has 78 valence electrons. The zero-order valence-corrected chi connectivity index (χ0v) is 8.64. The number of fused-ring (bicyclic) bond motifs is 3. The molecule has 1 aliphatic carbocycles. The Bertz CT molecular complexity index is 439. The number of hydroxylamine groups is 1. The Balaban J connectivity index is 2.12. The average molecular weight is 203 g/mol. The van der Waals surface area contributed by atoms with Crippen molar-refractivity contribution in [2.75, 3.05) is 6.61 Å². The summed E-state index contributed by atoms with van der Waals surface area (Å²) in [6.45, 7) is 2.31. The molecule has 2 aliphatic rings. The van der Waals surface area contributed by atoms with Crippen LogP contribution in [-0.4, -0.2) is 23.2 Å². The average Bonchev–Trinajstić information content (AvgIpc) is 2.62. The smallest absolute Gasteiger partial charge is 0.214 e. The van der Waals surface area contributed by atoms with E-state index in [0.29, 0.717) is 6.61 Å². The molecular formula is C12H13NO2. The molecule has 2 atom stereocenters. The van der Waals surface area contributed by atoms with Gasteiger partial charge < -0.3 is 9.94 Å². The molecule has 0 spiro atoms. The van der Waals surface area contributed by atoms with Crippen molar-refractivity contribution in [3.05, 3.63) is 40.6 Å². The quantitative estimate of drug-likeness (QED) is 0.474. The molecule has 0 bridgehead atoms. The van der Waals surface area contributed by atoms with E-state index < -0.39 is 0 Å². The Morgan fingerprint density at radius 3 is 3.07 bits per heavy atom. The summed E-state index contributed by atoms with van der Waals surface area (Å²) < 4.78 is 6.81. The SMILES string of the molecule is CC1=[N+]([O-])[C@@H]2c3ccccc3C[C@@H]2OC1. The molecule has 1 heterocycles. The monoisotopic (exact) mass is 203 g/mol. The molecule has 1 aromatic carbocycles. The van der Waals surface area contributed by atoms with Crippen molar-refractivity contribution in [1.29, 1.82) is 0 Å². The summed E-state index contributed by atoms with van der Waals surface area (Å²) in [6.07, 6.45) is 0.913. The highest BCUT2D eigenvalue weighted by Gasteiger charge is 2.42. The maximum atomic E-state index is 12.0. The van der Waals surface area contributed by atoms with Gasteiger partial charge in [-0.3, -0.25) is 0 Å². The number of benzene rings is 1. The lowest BCUT2D eigenvalue weighted by Gasteiger charge is -2.26. The van der Waals surface area contributed by atoms with Gasteiger partial charge in [0.2, 0.25) is 6.04 Å². The van der Waals surface area contributed by atoms with E-state index in [9.17, 15) is 5.21 Å². The van der Waals surface area contributed by atoms with Crippen LogP contribution in [0.2, 0.25) is 0 Å². The van der Waals surface area contributed by atoms with Crippen LogP contribution in [0.4, 0.5) is 0 Å². The molecule has 3 nitrogen and oxygen atoms in total. The fourth-order valence-corrected chi connectivity index (χ4v) is 2.49. The van der Waals surface area contributed by atoms with Crippen LogP contribution in [0.5, 0.6) is 0 Å². The summed E-state index contributed by atoms with van der Waals surface area (Å²) in [5.41, 5.74) is 3.16. The number of ether oxygens (including phenoxy) is 1. The van der Waals surface area contributed by atoms with Gasteiger partial charge in [-0.15, -0.1) is 0 Å². The first-order chi connectivity index (χ1) is 7.27. The van der Waals surface area contributed by atoms with Crippen molar-refractivity contribution in [2.24, 2.45) is 0 Å². The first kappa shape index (κ1) is 8.92. The van der Waals surface area contributed by atoms with Crippen molar-refractivity contribution >= 4 is 5.71 Å². The first-order valence-corrected chi connectivity index (χ1v) is 5.25. The Morgan fingerprint density at radius 1 is 1.40 bits per heavy atom. The van der Waals surface area contributed by atoms with Crippen molar-refractivity contribution in [2.45, 2.75) is 25.5 Å². The number of nitrogens with zero attached hydrogens (tertiary/aromatic N) is 1. The van der Waals surface area contributed by atoms with Gasteiger partial charge in [0, 0.05) is 18.9 Å². The molecule has 0 unspecified atom stereocenters. The predicted molar refractivity (Wildman–Crippen MR) is 56.9 cm³/mol. The van der Waals surface area contributed by atoms with Gasteiger partial charge >= 0.3 is 0 Å². The Labute approximate surface area is 88.6 Å². The third-order valence-electron chi connectivity index (χ3n) is 3.28. The van der Waals surface area contributed by atoms with Crippen molar-refractivity contribution in [3.8, 4) is 0 Å². The Morgan fingerprint density at radius 2 is 2.20 bits per heavy atom. The normalized spacial score (nSPS) is 28.9. The van der Waals surface area contributed by atoms with Gasteiger partial charge in [-0.1, -0.05) is 24.3 Å². The zero-order valence-electron chi connectivity index (χ0n) is 8.64. The second-order valence-corrected chi connectivity index (χ2v) is 4.26. The van der Waals surface area contributed by atoms with Gasteiger partial charge in [0.25, 0.3) is 0 Å². The fraction of sp³-hybridized carbons (Fsp3) is 0.417. The lowest BCUT2D eigenvalue weighted by atomic mass is 10.1. The second-order valence-electron chi connectivity index (χ2n) is 4.26. The summed E-state index contributed by atoms with van der Waals surface area (Å²) in [4.78, 5) is 0. The van der Waals surface area contributed by atoms with Crippen LogP contribution in [0.15, 0.2) is 24.3 Å². The fourth-order valence-electron chi connectivity index (χ4n) is 2.49. The van der Waals surface area contributed by atoms with E-state index in [2.05, 4.69) is 6.07 Å². The van der Waals surface area contributed by atoms with Crippen molar-refractivity contribution in [1.82, 2.24) is 0 Å². The minimum Gasteiger partial charge on any atom is -0.623 e. The number of hydrogen-bond acceptors (Lipinski definition) is 2. The molecule has 3 heteroatoms. The minimum atomic E-state index is -0.116. The van der Waals surface area contributed by atoms with Crippen LogP contribution in [0, 0.1) is 5.21 Å². The van der Waals surface area contributed by atoms with Gasteiger partial charge in [-0.2, -0.15) is 0 Å². The summed E-state index contributed by atoms with van der Waals surface area (Å²) >= 11 is 0. The number of rotatable bonds is 0. The van der Waals surface area contributed by atoms with E-state index >= 15 is 0 Å². The standard InChI is InChI=1S/C12H13NO2/c1-8-7-15-11-6-9-4-2-3-5-10(9)12(11)13(8)14/h2-5,11-12H,6-7H2,1H3/t11-,12+/m0/s1. The van der Waals surface area contributed by atoms with E-state index in [4.69, 9.17) is 4.74 Å². The third-order valence-corrected chi connectivity index (χ3v) is 3.28. The van der Waals surface area contributed by atoms with Crippen LogP contribution in [0.3, 0.4) is 0 Å². The molecule has 0 saturated carbocycles. The molecular weight excluding hydrogens is 190 g/mol. The van der Waals surface area contributed by atoms with Gasteiger partial charge in [0.15, 0.2) is 5.71 Å². The predicted octanol–water partition coefficient (Wildman–Crippen LogP) is 1.65. The van der Waals surface area contributed by atoms with Crippen molar-refractivity contribution in [3.63, 3.8) is 0 Å². The molecule has 0 saturated heterocycles. The minimum absolute atomic E-state index is 0.0450. The molecule has 0 N–H and O–H groups in total. The lowest BCUT2D eigenvalue weighted by Crippen LogP contribution is -2.37. The van der Waals surface area contributed by atoms with E-state index in [1.165, 1.54) is 5.56 Å². The maximum Gasteiger partial charge on any atom is 0.214 e. The van der Waals surface area contributed by atoms with E-state index in [1.54, 1.807) is 0 Å². The zero-order chi connectivity index (χ0) is 10.4.